The van der Waals surface area contributed by atoms with Gasteiger partial charge >= 0.3 is 0 Å². The molecule has 0 spiro atoms. The van der Waals surface area contributed by atoms with E-state index in [1.807, 2.05) is 0 Å². The summed E-state index contributed by atoms with van der Waals surface area (Å²) in [6.45, 7) is 6.60. The zero-order valence-electron chi connectivity index (χ0n) is 15.8. The molecule has 23 heavy (non-hydrogen) atoms. The molecule has 0 aliphatic carbocycles. The highest BCUT2D eigenvalue weighted by Crippen LogP contribution is 2.10. The summed E-state index contributed by atoms with van der Waals surface area (Å²) in [6.07, 6.45) is 18.3. The molecule has 0 aromatic heterocycles. The smallest absolute Gasteiger partial charge is 0.00994 e. The van der Waals surface area contributed by atoms with Crippen LogP contribution in [0, 0.1) is 23.7 Å². The molecule has 0 aromatic rings. The van der Waals surface area contributed by atoms with E-state index in [-0.39, 0.29) is 0 Å². The van der Waals surface area contributed by atoms with E-state index in [1.54, 1.807) is 0 Å². The van der Waals surface area contributed by atoms with Gasteiger partial charge in [0.15, 0.2) is 0 Å². The Labute approximate surface area is 146 Å². The fourth-order valence-electron chi connectivity index (χ4n) is 2.55. The largest absolute Gasteiger partial charge is 0.317 e. The monoisotopic (exact) mass is 317 g/mol. The maximum Gasteiger partial charge on any atom is 0.00994 e. The zero-order chi connectivity index (χ0) is 16.8. The maximum absolute atomic E-state index is 3.33. The lowest BCUT2D eigenvalue weighted by atomic mass is 10.1. The first kappa shape index (κ1) is 22.1. The van der Waals surface area contributed by atoms with Crippen molar-refractivity contribution in [1.82, 2.24) is 5.32 Å². The molecule has 0 aliphatic heterocycles. The molecular weight excluding hydrogens is 278 g/mol. The van der Waals surface area contributed by atoms with Crippen LogP contribution in [0.5, 0.6) is 0 Å². The molecule has 0 fully saturated rings. The molecule has 1 heteroatoms. The van der Waals surface area contributed by atoms with Crippen molar-refractivity contribution in [2.75, 3.05) is 13.1 Å². The van der Waals surface area contributed by atoms with E-state index in [0.717, 1.165) is 25.9 Å². The topological polar surface area (TPSA) is 12.0 Å². The van der Waals surface area contributed by atoms with E-state index in [9.17, 15) is 0 Å². The predicted molar refractivity (Wildman–Crippen MR) is 104 cm³/mol. The minimum absolute atomic E-state index is 0.984. The van der Waals surface area contributed by atoms with Crippen molar-refractivity contribution in [2.24, 2.45) is 0 Å². The average molecular weight is 318 g/mol. The van der Waals surface area contributed by atoms with Gasteiger partial charge in [0.05, 0.1) is 0 Å². The Bertz CT molecular complexity index is 336. The third kappa shape index (κ3) is 21.1. The average Bonchev–Trinajstić information content (AvgIpc) is 2.57. The lowest BCUT2D eigenvalue weighted by molar-refractivity contribution is 0.558. The molecule has 1 nitrogen and oxygen atoms in total. The molecule has 0 saturated carbocycles. The predicted octanol–water partition coefficient (Wildman–Crippen LogP) is 6.08. The Morgan fingerprint density at radius 3 is 1.57 bits per heavy atom. The van der Waals surface area contributed by atoms with Crippen LogP contribution in [0.2, 0.25) is 0 Å². The number of nitrogens with one attached hydrogen (secondary N) is 1. The maximum atomic E-state index is 3.33. The van der Waals surface area contributed by atoms with Gasteiger partial charge in [-0.05, 0) is 44.2 Å². The molecule has 0 aromatic carbocycles. The highest BCUT2D eigenvalue weighted by Gasteiger charge is 1.91. The van der Waals surface area contributed by atoms with Gasteiger partial charge in [-0.25, -0.2) is 0 Å². The van der Waals surface area contributed by atoms with Crippen LogP contribution in [0.25, 0.3) is 0 Å². The van der Waals surface area contributed by atoms with Gasteiger partial charge in [0, 0.05) is 12.8 Å². The lowest BCUT2D eigenvalue weighted by Gasteiger charge is -2.00. The first-order valence-corrected chi connectivity index (χ1v) is 10.1. The fraction of sp³-hybridized carbons (Fsp3) is 0.818. The Morgan fingerprint density at radius 1 is 0.565 bits per heavy atom. The number of unbranched alkanes of at least 4 members (excludes halogenated alkanes) is 12. The zero-order valence-corrected chi connectivity index (χ0v) is 15.8. The minimum Gasteiger partial charge on any atom is -0.317 e. The third-order valence-electron chi connectivity index (χ3n) is 4.05. The van der Waals surface area contributed by atoms with Crippen LogP contribution in [0.15, 0.2) is 0 Å². The van der Waals surface area contributed by atoms with E-state index in [1.165, 1.54) is 77.0 Å². The van der Waals surface area contributed by atoms with Crippen LogP contribution < -0.4 is 5.32 Å². The summed E-state index contributed by atoms with van der Waals surface area (Å²) < 4.78 is 0. The van der Waals surface area contributed by atoms with Gasteiger partial charge < -0.3 is 5.32 Å². The summed E-state index contributed by atoms with van der Waals surface area (Å²) in [5.74, 6) is 12.3. The van der Waals surface area contributed by atoms with Gasteiger partial charge in [-0.2, -0.15) is 0 Å². The Balaban J connectivity index is 3.21. The second-order valence-electron chi connectivity index (χ2n) is 6.35. The Morgan fingerprint density at radius 2 is 1.04 bits per heavy atom. The number of rotatable bonds is 15. The van der Waals surface area contributed by atoms with Crippen molar-refractivity contribution in [1.29, 1.82) is 0 Å². The molecule has 0 heterocycles. The van der Waals surface area contributed by atoms with Crippen molar-refractivity contribution in [3.63, 3.8) is 0 Å². The fourth-order valence-corrected chi connectivity index (χ4v) is 2.55. The van der Waals surface area contributed by atoms with Gasteiger partial charge in [-0.15, -0.1) is 0 Å². The van der Waals surface area contributed by atoms with Crippen LogP contribution in [-0.2, 0) is 0 Å². The van der Waals surface area contributed by atoms with Crippen molar-refractivity contribution in [3.8, 4) is 23.7 Å². The molecule has 0 aliphatic rings. The van der Waals surface area contributed by atoms with Crippen LogP contribution >= 0.6 is 0 Å². The highest BCUT2D eigenvalue weighted by molar-refractivity contribution is 5.25. The summed E-state index contributed by atoms with van der Waals surface area (Å²) in [4.78, 5) is 0. The molecule has 0 rings (SSSR count). The first-order valence-electron chi connectivity index (χ1n) is 10.1. The first-order chi connectivity index (χ1) is 11.4. The van der Waals surface area contributed by atoms with E-state index < -0.39 is 0 Å². The molecule has 132 valence electrons. The standard InChI is InChI=1S/C22H39N/c1-3-5-6-7-8-9-10-11-12-13-14-15-16-17-18-19-20-21-22-23-4-2/h23H,3-14,19-22H2,1-2H3. The minimum atomic E-state index is 0.984. The summed E-state index contributed by atoms with van der Waals surface area (Å²) in [5, 5.41) is 3.33. The second kappa shape index (κ2) is 21.1. The van der Waals surface area contributed by atoms with Gasteiger partial charge in [-0.3, -0.25) is 0 Å². The number of hydrogen-bond donors (Lipinski definition) is 1. The van der Waals surface area contributed by atoms with Crippen molar-refractivity contribution >= 4 is 0 Å². The lowest BCUT2D eigenvalue weighted by Crippen LogP contribution is -2.13. The van der Waals surface area contributed by atoms with Crippen LogP contribution in [0.1, 0.15) is 104 Å². The highest BCUT2D eigenvalue weighted by atomic mass is 14.8. The molecule has 0 unspecified atom stereocenters. The van der Waals surface area contributed by atoms with Gasteiger partial charge in [0.25, 0.3) is 0 Å². The third-order valence-corrected chi connectivity index (χ3v) is 4.05. The molecule has 0 bridgehead atoms. The molecule has 0 saturated heterocycles. The van der Waals surface area contributed by atoms with Gasteiger partial charge in [0.2, 0.25) is 0 Å². The molecule has 0 atom stereocenters. The molecule has 0 amide bonds. The summed E-state index contributed by atoms with van der Waals surface area (Å²) in [6, 6.07) is 0. The van der Waals surface area contributed by atoms with Crippen molar-refractivity contribution < 1.29 is 0 Å². The Kier molecular flexibility index (Phi) is 20.2. The molecule has 0 radical (unpaired) electrons. The summed E-state index contributed by atoms with van der Waals surface area (Å²) in [5.41, 5.74) is 0. The van der Waals surface area contributed by atoms with Crippen LogP contribution in [0.3, 0.4) is 0 Å². The van der Waals surface area contributed by atoms with Gasteiger partial charge in [0.1, 0.15) is 0 Å². The quantitative estimate of drug-likeness (QED) is 0.285. The van der Waals surface area contributed by atoms with E-state index in [2.05, 4.69) is 42.8 Å². The van der Waals surface area contributed by atoms with Crippen molar-refractivity contribution in [2.45, 2.75) is 104 Å². The van der Waals surface area contributed by atoms with E-state index >= 15 is 0 Å². The van der Waals surface area contributed by atoms with Gasteiger partial charge in [-0.1, -0.05) is 83.5 Å². The van der Waals surface area contributed by atoms with Crippen molar-refractivity contribution in [3.05, 3.63) is 0 Å². The number of hydrogen-bond acceptors (Lipinski definition) is 1. The SMILES string of the molecule is CCCCCCCCCCCCC#CC#CCCCCNCC. The molecule has 1 N–H and O–H groups in total. The second-order valence-corrected chi connectivity index (χ2v) is 6.35. The normalized spacial score (nSPS) is 9.83. The molecular formula is C22H39N. The van der Waals surface area contributed by atoms with Crippen LogP contribution in [-0.4, -0.2) is 13.1 Å². The Hall–Kier alpha value is -0.920. The summed E-state index contributed by atoms with van der Waals surface area (Å²) in [7, 11) is 0. The van der Waals surface area contributed by atoms with Crippen LogP contribution in [0.4, 0.5) is 0 Å². The van der Waals surface area contributed by atoms with E-state index in [4.69, 9.17) is 0 Å². The summed E-state index contributed by atoms with van der Waals surface area (Å²) >= 11 is 0. The van der Waals surface area contributed by atoms with E-state index in [0.29, 0.717) is 0 Å².